The first-order chi connectivity index (χ1) is 10.1. The topological polar surface area (TPSA) is 12.0 Å². The van der Waals surface area contributed by atoms with E-state index in [2.05, 4.69) is 43.4 Å². The summed E-state index contributed by atoms with van der Waals surface area (Å²) in [5.41, 5.74) is 3.49. The van der Waals surface area contributed by atoms with Crippen LogP contribution in [0.25, 0.3) is 0 Å². The van der Waals surface area contributed by atoms with Crippen LogP contribution in [0.4, 0.5) is 4.39 Å². The van der Waals surface area contributed by atoms with Crippen LogP contribution < -0.4 is 5.32 Å². The Morgan fingerprint density at radius 1 is 1.10 bits per heavy atom. The van der Waals surface area contributed by atoms with E-state index in [0.29, 0.717) is 5.92 Å². The highest BCUT2D eigenvalue weighted by Crippen LogP contribution is 2.32. The summed E-state index contributed by atoms with van der Waals surface area (Å²) in [5.74, 6) is 0.166. The van der Waals surface area contributed by atoms with Crippen molar-refractivity contribution in [2.45, 2.75) is 39.2 Å². The maximum atomic E-state index is 13.4. The van der Waals surface area contributed by atoms with E-state index in [9.17, 15) is 4.39 Å². The summed E-state index contributed by atoms with van der Waals surface area (Å²) in [6.07, 6.45) is 1.08. The van der Waals surface area contributed by atoms with Gasteiger partial charge in [0.25, 0.3) is 0 Å². The van der Waals surface area contributed by atoms with Crippen molar-refractivity contribution in [3.63, 3.8) is 0 Å². The van der Waals surface area contributed by atoms with Gasteiger partial charge in [-0.2, -0.15) is 0 Å². The monoisotopic (exact) mass is 285 g/mol. The van der Waals surface area contributed by atoms with Crippen LogP contribution in [0.5, 0.6) is 0 Å². The first-order valence-electron chi connectivity index (χ1n) is 7.68. The molecule has 2 rings (SSSR count). The standard InChI is InChI=1S/C19H24FN/c1-4-12-21-19(15(3)16-8-6-5-7-9-16)18-11-10-17(20)13-14(18)2/h5-11,13,15,19,21H,4,12H2,1-3H3. The number of nitrogens with one attached hydrogen (secondary N) is 1. The fourth-order valence-corrected chi connectivity index (χ4v) is 2.79. The molecule has 2 heteroatoms. The summed E-state index contributed by atoms with van der Waals surface area (Å²) < 4.78 is 13.4. The molecule has 0 amide bonds. The maximum absolute atomic E-state index is 13.4. The summed E-state index contributed by atoms with van der Waals surface area (Å²) in [6.45, 7) is 7.33. The minimum absolute atomic E-state index is 0.169. The average Bonchev–Trinajstić information content (AvgIpc) is 2.50. The summed E-state index contributed by atoms with van der Waals surface area (Å²) in [7, 11) is 0. The van der Waals surface area contributed by atoms with Crippen molar-refractivity contribution in [2.75, 3.05) is 6.54 Å². The lowest BCUT2D eigenvalue weighted by molar-refractivity contribution is 0.463. The van der Waals surface area contributed by atoms with E-state index >= 15 is 0 Å². The SMILES string of the molecule is CCCNC(c1ccc(F)cc1C)C(C)c1ccccc1. The zero-order valence-electron chi connectivity index (χ0n) is 13.1. The summed E-state index contributed by atoms with van der Waals surface area (Å²) in [5, 5.41) is 3.62. The Balaban J connectivity index is 2.33. The molecule has 0 saturated carbocycles. The summed E-state index contributed by atoms with van der Waals surface area (Å²) >= 11 is 0. The van der Waals surface area contributed by atoms with Gasteiger partial charge in [0.05, 0.1) is 0 Å². The molecule has 0 fully saturated rings. The quantitative estimate of drug-likeness (QED) is 0.789. The van der Waals surface area contributed by atoms with Gasteiger partial charge in [0, 0.05) is 12.0 Å². The second kappa shape index (κ2) is 7.37. The molecule has 1 N–H and O–H groups in total. The Morgan fingerprint density at radius 2 is 1.81 bits per heavy atom. The van der Waals surface area contributed by atoms with Crippen molar-refractivity contribution in [2.24, 2.45) is 0 Å². The van der Waals surface area contributed by atoms with Gasteiger partial charge in [0.1, 0.15) is 5.82 Å². The highest BCUT2D eigenvalue weighted by Gasteiger charge is 2.21. The molecule has 0 spiro atoms. The van der Waals surface area contributed by atoms with Gasteiger partial charge in [-0.3, -0.25) is 0 Å². The number of rotatable bonds is 6. The van der Waals surface area contributed by atoms with E-state index in [-0.39, 0.29) is 11.9 Å². The molecular weight excluding hydrogens is 261 g/mol. The van der Waals surface area contributed by atoms with Crippen molar-refractivity contribution in [3.8, 4) is 0 Å². The second-order valence-electron chi connectivity index (χ2n) is 5.63. The Hall–Kier alpha value is -1.67. The van der Waals surface area contributed by atoms with Crippen LogP contribution in [0, 0.1) is 12.7 Å². The van der Waals surface area contributed by atoms with Crippen molar-refractivity contribution in [1.82, 2.24) is 5.32 Å². The number of hydrogen-bond acceptors (Lipinski definition) is 1. The molecule has 0 aliphatic carbocycles. The molecule has 0 aromatic heterocycles. The van der Waals surface area contributed by atoms with Gasteiger partial charge in [0.2, 0.25) is 0 Å². The molecular formula is C19H24FN. The highest BCUT2D eigenvalue weighted by molar-refractivity contribution is 5.33. The smallest absolute Gasteiger partial charge is 0.123 e. The third kappa shape index (κ3) is 3.92. The Morgan fingerprint density at radius 3 is 2.43 bits per heavy atom. The number of halogens is 1. The molecule has 2 aromatic carbocycles. The molecule has 0 bridgehead atoms. The first-order valence-corrected chi connectivity index (χ1v) is 7.68. The summed E-state index contributed by atoms with van der Waals surface area (Å²) in [6, 6.07) is 15.8. The molecule has 1 nitrogen and oxygen atoms in total. The van der Waals surface area contributed by atoms with Crippen LogP contribution >= 0.6 is 0 Å². The van der Waals surface area contributed by atoms with E-state index < -0.39 is 0 Å². The van der Waals surface area contributed by atoms with Gasteiger partial charge in [-0.1, -0.05) is 50.2 Å². The molecule has 0 aliphatic rings. The fraction of sp³-hybridized carbons (Fsp3) is 0.368. The zero-order valence-corrected chi connectivity index (χ0v) is 13.1. The Labute approximate surface area is 127 Å². The van der Waals surface area contributed by atoms with Crippen LogP contribution in [0.15, 0.2) is 48.5 Å². The van der Waals surface area contributed by atoms with Crippen LogP contribution in [-0.2, 0) is 0 Å². The normalized spacial score (nSPS) is 13.9. The fourth-order valence-electron chi connectivity index (χ4n) is 2.79. The van der Waals surface area contributed by atoms with Gasteiger partial charge >= 0.3 is 0 Å². The third-order valence-corrected chi connectivity index (χ3v) is 4.01. The largest absolute Gasteiger partial charge is 0.309 e. The van der Waals surface area contributed by atoms with E-state index in [1.807, 2.05) is 19.1 Å². The Kier molecular flexibility index (Phi) is 5.51. The second-order valence-corrected chi connectivity index (χ2v) is 5.63. The molecule has 2 unspecified atom stereocenters. The van der Waals surface area contributed by atoms with Gasteiger partial charge in [-0.25, -0.2) is 4.39 Å². The van der Waals surface area contributed by atoms with Crippen LogP contribution in [0.1, 0.15) is 48.9 Å². The predicted molar refractivity (Wildman–Crippen MR) is 87.0 cm³/mol. The number of benzene rings is 2. The molecule has 2 aromatic rings. The zero-order chi connectivity index (χ0) is 15.2. The van der Waals surface area contributed by atoms with Crippen LogP contribution in [0.3, 0.4) is 0 Å². The van der Waals surface area contributed by atoms with E-state index in [1.165, 1.54) is 11.1 Å². The third-order valence-electron chi connectivity index (χ3n) is 4.01. The first kappa shape index (κ1) is 15.7. The molecule has 0 aliphatic heterocycles. The highest BCUT2D eigenvalue weighted by atomic mass is 19.1. The molecule has 0 saturated heterocycles. The molecule has 0 heterocycles. The van der Waals surface area contributed by atoms with Crippen LogP contribution in [-0.4, -0.2) is 6.54 Å². The van der Waals surface area contributed by atoms with Crippen molar-refractivity contribution in [1.29, 1.82) is 0 Å². The van der Waals surface area contributed by atoms with Crippen LogP contribution in [0.2, 0.25) is 0 Å². The minimum atomic E-state index is -0.169. The average molecular weight is 285 g/mol. The van der Waals surface area contributed by atoms with Gasteiger partial charge < -0.3 is 5.32 Å². The predicted octanol–water partition coefficient (Wildman–Crippen LogP) is 4.98. The molecule has 21 heavy (non-hydrogen) atoms. The van der Waals surface area contributed by atoms with Crippen molar-refractivity contribution >= 4 is 0 Å². The molecule has 2 atom stereocenters. The lowest BCUT2D eigenvalue weighted by Gasteiger charge is -2.27. The number of hydrogen-bond donors (Lipinski definition) is 1. The van der Waals surface area contributed by atoms with Gasteiger partial charge in [-0.05, 0) is 48.7 Å². The Bertz CT molecular complexity index is 565. The van der Waals surface area contributed by atoms with Crippen molar-refractivity contribution in [3.05, 3.63) is 71.0 Å². The lowest BCUT2D eigenvalue weighted by atomic mass is 9.86. The van der Waals surface area contributed by atoms with E-state index in [0.717, 1.165) is 18.5 Å². The minimum Gasteiger partial charge on any atom is -0.309 e. The van der Waals surface area contributed by atoms with Gasteiger partial charge in [0.15, 0.2) is 0 Å². The van der Waals surface area contributed by atoms with Crippen molar-refractivity contribution < 1.29 is 4.39 Å². The van der Waals surface area contributed by atoms with Gasteiger partial charge in [-0.15, -0.1) is 0 Å². The molecule has 112 valence electrons. The maximum Gasteiger partial charge on any atom is 0.123 e. The lowest BCUT2D eigenvalue weighted by Crippen LogP contribution is -2.27. The summed E-state index contributed by atoms with van der Waals surface area (Å²) in [4.78, 5) is 0. The van der Waals surface area contributed by atoms with E-state index in [4.69, 9.17) is 0 Å². The molecule has 0 radical (unpaired) electrons. The van der Waals surface area contributed by atoms with E-state index in [1.54, 1.807) is 12.1 Å². The number of aryl methyl sites for hydroxylation is 1.